The van der Waals surface area contributed by atoms with Gasteiger partial charge in [-0.3, -0.25) is 9.59 Å². The average Bonchev–Trinajstić information content (AvgIpc) is 3.52. The van der Waals surface area contributed by atoms with Crippen LogP contribution in [0.3, 0.4) is 0 Å². The number of methoxy groups -OCH3 is 1. The van der Waals surface area contributed by atoms with Crippen LogP contribution in [-0.4, -0.2) is 68.9 Å². The lowest BCUT2D eigenvalue weighted by molar-refractivity contribution is -0.110. The van der Waals surface area contributed by atoms with Crippen LogP contribution in [0.4, 0.5) is 11.4 Å². The highest BCUT2D eigenvalue weighted by Gasteiger charge is 2.29. The van der Waals surface area contributed by atoms with Crippen molar-refractivity contribution in [1.29, 1.82) is 0 Å². The number of amides is 2. The standard InChI is InChI=1S/C27H28N4O4S/c1-30(2)13-14-31(3)26(33)17-7-10-19(11-8-17)28-24(22-6-5-15-36-22)23-20-12-9-18(27(34)35-4)16-21(20)29-25(23)32/h5-12,15-16,28H,13-14H2,1-4H3,(H,29,32). The second kappa shape index (κ2) is 10.8. The van der Waals surface area contributed by atoms with Crippen molar-refractivity contribution in [2.45, 2.75) is 0 Å². The second-order valence-corrected chi connectivity index (χ2v) is 9.61. The van der Waals surface area contributed by atoms with Gasteiger partial charge < -0.3 is 25.2 Å². The summed E-state index contributed by atoms with van der Waals surface area (Å²) in [4.78, 5) is 42.4. The summed E-state index contributed by atoms with van der Waals surface area (Å²) in [5.41, 5.74) is 4.06. The van der Waals surface area contributed by atoms with Crippen molar-refractivity contribution < 1.29 is 19.1 Å². The van der Waals surface area contributed by atoms with Crippen molar-refractivity contribution in [1.82, 2.24) is 9.80 Å². The monoisotopic (exact) mass is 504 g/mol. The Labute approximate surface area is 214 Å². The average molecular weight is 505 g/mol. The number of rotatable bonds is 8. The first kappa shape index (κ1) is 25.2. The molecule has 0 unspecified atom stereocenters. The molecule has 0 fully saturated rings. The van der Waals surface area contributed by atoms with Gasteiger partial charge in [-0.1, -0.05) is 12.1 Å². The summed E-state index contributed by atoms with van der Waals surface area (Å²) < 4.78 is 4.80. The molecule has 0 spiro atoms. The molecule has 9 heteroatoms. The summed E-state index contributed by atoms with van der Waals surface area (Å²) in [5.74, 6) is -0.786. The number of benzene rings is 2. The van der Waals surface area contributed by atoms with Crippen LogP contribution in [0.15, 0.2) is 60.0 Å². The van der Waals surface area contributed by atoms with Gasteiger partial charge in [0.15, 0.2) is 0 Å². The van der Waals surface area contributed by atoms with Crippen molar-refractivity contribution in [2.75, 3.05) is 52.0 Å². The minimum atomic E-state index is -0.469. The summed E-state index contributed by atoms with van der Waals surface area (Å²) in [6, 6.07) is 16.1. The van der Waals surface area contributed by atoms with Gasteiger partial charge in [-0.2, -0.15) is 0 Å². The first-order valence-corrected chi connectivity index (χ1v) is 12.3. The number of carbonyl (C=O) groups excluding carboxylic acids is 3. The molecule has 3 aromatic rings. The molecule has 2 amide bonds. The number of nitrogens with zero attached hydrogens (tertiary/aromatic N) is 2. The van der Waals surface area contributed by atoms with E-state index < -0.39 is 5.97 Å². The molecule has 36 heavy (non-hydrogen) atoms. The third-order valence-electron chi connectivity index (χ3n) is 5.83. The van der Waals surface area contributed by atoms with Crippen LogP contribution < -0.4 is 10.6 Å². The fraction of sp³-hybridized carbons (Fsp3) is 0.222. The molecule has 0 saturated heterocycles. The van der Waals surface area contributed by atoms with E-state index in [0.29, 0.717) is 40.2 Å². The Morgan fingerprint density at radius 3 is 2.36 bits per heavy atom. The lowest BCUT2D eigenvalue weighted by atomic mass is 10.0. The van der Waals surface area contributed by atoms with Crippen LogP contribution in [0, 0.1) is 0 Å². The molecule has 0 aliphatic carbocycles. The summed E-state index contributed by atoms with van der Waals surface area (Å²) in [5, 5.41) is 8.18. The molecule has 1 aliphatic heterocycles. The van der Waals surface area contributed by atoms with E-state index in [-0.39, 0.29) is 11.8 Å². The van der Waals surface area contributed by atoms with Gasteiger partial charge in [0.25, 0.3) is 11.8 Å². The molecule has 0 saturated carbocycles. The Morgan fingerprint density at radius 2 is 1.72 bits per heavy atom. The minimum Gasteiger partial charge on any atom is -0.465 e. The predicted molar refractivity (Wildman–Crippen MR) is 143 cm³/mol. The van der Waals surface area contributed by atoms with Crippen LogP contribution >= 0.6 is 11.3 Å². The number of hydrogen-bond donors (Lipinski definition) is 2. The molecule has 0 bridgehead atoms. The number of anilines is 2. The van der Waals surface area contributed by atoms with E-state index in [0.717, 1.165) is 17.1 Å². The zero-order valence-corrected chi connectivity index (χ0v) is 21.4. The van der Waals surface area contributed by atoms with Crippen molar-refractivity contribution in [3.8, 4) is 0 Å². The zero-order valence-electron chi connectivity index (χ0n) is 20.6. The number of likely N-dealkylation sites (N-methyl/N-ethyl adjacent to an activating group) is 2. The van der Waals surface area contributed by atoms with E-state index in [1.807, 2.05) is 48.6 Å². The van der Waals surface area contributed by atoms with E-state index in [9.17, 15) is 14.4 Å². The lowest BCUT2D eigenvalue weighted by Crippen LogP contribution is -2.33. The van der Waals surface area contributed by atoms with Crippen LogP contribution in [0.2, 0.25) is 0 Å². The summed E-state index contributed by atoms with van der Waals surface area (Å²) in [6.07, 6.45) is 0. The SMILES string of the molecule is COC(=O)c1ccc2c(c1)NC(=O)C2=C(Nc1ccc(C(=O)N(C)CCN(C)C)cc1)c1cccs1. The van der Waals surface area contributed by atoms with E-state index >= 15 is 0 Å². The summed E-state index contributed by atoms with van der Waals surface area (Å²) in [7, 11) is 7.05. The number of ether oxygens (including phenoxy) is 1. The molecule has 1 aromatic heterocycles. The molecule has 1 aliphatic rings. The highest BCUT2D eigenvalue weighted by Crippen LogP contribution is 2.39. The normalized spacial score (nSPS) is 13.8. The topological polar surface area (TPSA) is 91.0 Å². The molecule has 186 valence electrons. The smallest absolute Gasteiger partial charge is 0.337 e. The Kier molecular flexibility index (Phi) is 7.52. The number of carbonyl (C=O) groups is 3. The third-order valence-corrected chi connectivity index (χ3v) is 6.72. The maximum atomic E-state index is 13.1. The number of fused-ring (bicyclic) bond motifs is 1. The molecule has 4 rings (SSSR count). The van der Waals surface area contributed by atoms with Gasteiger partial charge in [-0.25, -0.2) is 4.79 Å². The molecule has 8 nitrogen and oxygen atoms in total. The molecular formula is C27H28N4O4S. The van der Waals surface area contributed by atoms with Gasteiger partial charge in [0.1, 0.15) is 0 Å². The highest BCUT2D eigenvalue weighted by molar-refractivity contribution is 7.11. The van der Waals surface area contributed by atoms with Crippen LogP contribution in [-0.2, 0) is 9.53 Å². The highest BCUT2D eigenvalue weighted by atomic mass is 32.1. The van der Waals surface area contributed by atoms with Crippen molar-refractivity contribution in [3.63, 3.8) is 0 Å². The molecule has 2 heterocycles. The van der Waals surface area contributed by atoms with Gasteiger partial charge >= 0.3 is 5.97 Å². The van der Waals surface area contributed by atoms with Crippen LogP contribution in [0.5, 0.6) is 0 Å². The maximum Gasteiger partial charge on any atom is 0.337 e. The Bertz CT molecular complexity index is 1310. The maximum absolute atomic E-state index is 13.1. The number of hydrogen-bond acceptors (Lipinski definition) is 7. The zero-order chi connectivity index (χ0) is 25.8. The van der Waals surface area contributed by atoms with Gasteiger partial charge in [0.2, 0.25) is 0 Å². The fourth-order valence-corrected chi connectivity index (χ4v) is 4.58. The predicted octanol–water partition coefficient (Wildman–Crippen LogP) is 4.10. The lowest BCUT2D eigenvalue weighted by Gasteiger charge is -2.20. The van der Waals surface area contributed by atoms with Gasteiger partial charge in [-0.15, -0.1) is 11.3 Å². The molecular weight excluding hydrogens is 476 g/mol. The summed E-state index contributed by atoms with van der Waals surface area (Å²) >= 11 is 1.51. The Hall–Kier alpha value is -3.95. The number of esters is 1. The minimum absolute atomic E-state index is 0.0502. The van der Waals surface area contributed by atoms with E-state index in [2.05, 4.69) is 10.6 Å². The van der Waals surface area contributed by atoms with Gasteiger partial charge in [-0.05, 0) is 61.9 Å². The summed E-state index contributed by atoms with van der Waals surface area (Å²) in [6.45, 7) is 1.41. The molecule has 0 radical (unpaired) electrons. The van der Waals surface area contributed by atoms with Crippen LogP contribution in [0.1, 0.15) is 31.2 Å². The van der Waals surface area contributed by atoms with E-state index in [1.54, 1.807) is 42.3 Å². The van der Waals surface area contributed by atoms with Crippen LogP contribution in [0.25, 0.3) is 11.3 Å². The largest absolute Gasteiger partial charge is 0.465 e. The number of thiophene rings is 1. The van der Waals surface area contributed by atoms with Gasteiger partial charge in [0, 0.05) is 37.0 Å². The van der Waals surface area contributed by atoms with Crippen molar-refractivity contribution >= 4 is 51.8 Å². The fourth-order valence-electron chi connectivity index (χ4n) is 3.85. The quantitative estimate of drug-likeness (QED) is 0.355. The first-order valence-electron chi connectivity index (χ1n) is 11.4. The second-order valence-electron chi connectivity index (χ2n) is 8.67. The molecule has 2 N–H and O–H groups in total. The van der Waals surface area contributed by atoms with Crippen molar-refractivity contribution in [2.24, 2.45) is 0 Å². The van der Waals surface area contributed by atoms with Crippen molar-refractivity contribution in [3.05, 3.63) is 81.5 Å². The molecule has 0 atom stereocenters. The third kappa shape index (κ3) is 5.32. The Morgan fingerprint density at radius 1 is 1.00 bits per heavy atom. The van der Waals surface area contributed by atoms with E-state index in [4.69, 9.17) is 4.74 Å². The number of nitrogens with one attached hydrogen (secondary N) is 2. The molecule has 2 aromatic carbocycles. The van der Waals surface area contributed by atoms with E-state index in [1.165, 1.54) is 18.4 Å². The van der Waals surface area contributed by atoms with Gasteiger partial charge in [0.05, 0.1) is 34.5 Å². The Balaban J connectivity index is 1.64. The first-order chi connectivity index (χ1) is 17.3.